The maximum Gasteiger partial charge on any atom is 0.225 e. The van der Waals surface area contributed by atoms with Gasteiger partial charge in [0.1, 0.15) is 0 Å². The van der Waals surface area contributed by atoms with Crippen LogP contribution in [0.3, 0.4) is 0 Å². The van der Waals surface area contributed by atoms with Gasteiger partial charge in [-0.25, -0.2) is 0 Å². The van der Waals surface area contributed by atoms with Crippen LogP contribution in [0.25, 0.3) is 0 Å². The Morgan fingerprint density at radius 2 is 2.06 bits per heavy atom. The van der Waals surface area contributed by atoms with Crippen molar-refractivity contribution in [3.63, 3.8) is 0 Å². The van der Waals surface area contributed by atoms with Gasteiger partial charge in [0.15, 0.2) is 0 Å². The van der Waals surface area contributed by atoms with E-state index in [0.717, 1.165) is 6.42 Å². The molecule has 5 nitrogen and oxygen atoms in total. The molecule has 1 saturated carbocycles. The topological polar surface area (TPSA) is 84.2 Å². The molecule has 0 bridgehead atoms. The molecule has 0 aromatic carbocycles. The molecule has 2 fully saturated rings. The molecule has 0 radical (unpaired) electrons. The number of rotatable bonds is 4. The van der Waals surface area contributed by atoms with Crippen molar-refractivity contribution in [3.05, 3.63) is 0 Å². The molecular formula is C10H16N3O2P. The zero-order chi connectivity index (χ0) is 11.7. The van der Waals surface area contributed by atoms with Crippen LogP contribution < -0.4 is 16.4 Å². The van der Waals surface area contributed by atoms with Crippen molar-refractivity contribution in [1.29, 1.82) is 0 Å². The lowest BCUT2D eigenvalue weighted by Crippen LogP contribution is -2.40. The van der Waals surface area contributed by atoms with Crippen molar-refractivity contribution in [2.45, 2.75) is 12.5 Å². The smallest absolute Gasteiger partial charge is 0.225 e. The summed E-state index contributed by atoms with van der Waals surface area (Å²) >= 11 is 0. The van der Waals surface area contributed by atoms with Crippen LogP contribution in [0.5, 0.6) is 0 Å². The average Bonchev–Trinajstić information content (AvgIpc) is 2.80. The maximum absolute atomic E-state index is 11.9. The molecule has 2 rings (SSSR count). The third kappa shape index (κ3) is 2.25. The van der Waals surface area contributed by atoms with Gasteiger partial charge in [-0.05, 0) is 6.42 Å². The molecule has 2 aliphatic rings. The molecule has 1 aliphatic heterocycles. The summed E-state index contributed by atoms with van der Waals surface area (Å²) in [7, 11) is 3.31. The van der Waals surface area contributed by atoms with Gasteiger partial charge in [-0.1, -0.05) is 5.80 Å². The van der Waals surface area contributed by atoms with Crippen LogP contribution in [-0.4, -0.2) is 36.7 Å². The molecule has 1 saturated heterocycles. The van der Waals surface area contributed by atoms with E-state index in [1.54, 1.807) is 0 Å². The summed E-state index contributed by atoms with van der Waals surface area (Å²) in [5.74, 6) is 1.18. The maximum atomic E-state index is 11.9. The second kappa shape index (κ2) is 4.52. The van der Waals surface area contributed by atoms with E-state index in [1.807, 2.05) is 5.80 Å². The normalized spacial score (nSPS) is 36.8. The van der Waals surface area contributed by atoms with Gasteiger partial charge in [0, 0.05) is 25.0 Å². The lowest BCUT2D eigenvalue weighted by Gasteiger charge is -2.15. The van der Waals surface area contributed by atoms with Crippen LogP contribution in [0.4, 0.5) is 0 Å². The minimum atomic E-state index is -0.399. The monoisotopic (exact) mass is 241 g/mol. The van der Waals surface area contributed by atoms with Gasteiger partial charge in [0.25, 0.3) is 0 Å². The predicted molar refractivity (Wildman–Crippen MR) is 63.5 cm³/mol. The van der Waals surface area contributed by atoms with E-state index in [2.05, 4.69) is 19.5 Å². The molecule has 0 unspecified atom stereocenters. The van der Waals surface area contributed by atoms with E-state index >= 15 is 0 Å². The van der Waals surface area contributed by atoms with Gasteiger partial charge < -0.3 is 16.4 Å². The molecule has 0 spiro atoms. The summed E-state index contributed by atoms with van der Waals surface area (Å²) in [6.07, 6.45) is 0.969. The summed E-state index contributed by atoms with van der Waals surface area (Å²) in [6.45, 7) is 1.04. The Morgan fingerprint density at radius 3 is 2.62 bits per heavy atom. The molecular weight excluding hydrogens is 225 g/mol. The summed E-state index contributed by atoms with van der Waals surface area (Å²) in [5, 5.41) is 5.96. The molecule has 88 valence electrons. The van der Waals surface area contributed by atoms with Gasteiger partial charge in [0.2, 0.25) is 11.8 Å². The first-order chi connectivity index (χ1) is 7.63. The predicted octanol–water partition coefficient (Wildman–Crippen LogP) is -1.24. The highest BCUT2D eigenvalue weighted by atomic mass is 31.0. The number of nitrogens with two attached hydrogens (primary N) is 1. The number of carbonyl (C=O) groups is 2. The Morgan fingerprint density at radius 1 is 1.38 bits per heavy atom. The van der Waals surface area contributed by atoms with Crippen LogP contribution in [0.1, 0.15) is 6.42 Å². The lowest BCUT2D eigenvalue weighted by molar-refractivity contribution is -0.131. The standard InChI is InChI=1S/C10H16N3O2P/c11-9(14)6-2-12-3-7(6)10(15)13-8-1-5(8)4-16/h4-8,12,16H,1-3H2,(H2,11,14)(H,13,15)/t5-,6-,7-,8+/m1/s1. The summed E-state index contributed by atoms with van der Waals surface area (Å²) in [6, 6.07) is 0.221. The van der Waals surface area contributed by atoms with E-state index < -0.39 is 5.91 Å². The van der Waals surface area contributed by atoms with Crippen molar-refractivity contribution in [2.75, 3.05) is 13.1 Å². The van der Waals surface area contributed by atoms with Gasteiger partial charge in [0.05, 0.1) is 11.8 Å². The van der Waals surface area contributed by atoms with Crippen LogP contribution in [0, 0.1) is 17.8 Å². The number of nitrogens with one attached hydrogen (secondary N) is 2. The summed E-state index contributed by atoms with van der Waals surface area (Å²) in [4.78, 5) is 23.0. The highest BCUT2D eigenvalue weighted by molar-refractivity contribution is 7.18. The van der Waals surface area contributed by atoms with Crippen LogP contribution >= 0.6 is 8.86 Å². The minimum Gasteiger partial charge on any atom is -0.369 e. The highest BCUT2D eigenvalue weighted by Crippen LogP contribution is 2.29. The largest absolute Gasteiger partial charge is 0.369 e. The molecule has 1 aliphatic carbocycles. The van der Waals surface area contributed by atoms with Crippen molar-refractivity contribution in [2.24, 2.45) is 23.5 Å². The molecule has 4 N–H and O–H groups in total. The SMILES string of the molecule is NC(=O)[C@@H]1CNC[C@H]1C(=O)N[C@H]1C[C@@H]1C=P. The molecule has 16 heavy (non-hydrogen) atoms. The fraction of sp³-hybridized carbons (Fsp3) is 0.700. The number of carbonyl (C=O) groups excluding carboxylic acids is 2. The third-order valence-corrected chi connectivity index (χ3v) is 3.73. The van der Waals surface area contributed by atoms with Crippen LogP contribution in [0.2, 0.25) is 0 Å². The van der Waals surface area contributed by atoms with Crippen molar-refractivity contribution >= 4 is 26.5 Å². The molecule has 0 aromatic heterocycles. The third-order valence-electron chi connectivity index (χ3n) is 3.30. The Labute approximate surface area is 96.4 Å². The zero-order valence-corrected chi connectivity index (χ0v) is 9.90. The Hall–Kier alpha value is -0.930. The first-order valence-corrected chi connectivity index (χ1v) is 6.02. The van der Waals surface area contributed by atoms with Crippen molar-refractivity contribution in [3.8, 4) is 0 Å². The first-order valence-electron chi connectivity index (χ1n) is 5.44. The molecule has 2 amide bonds. The zero-order valence-electron chi connectivity index (χ0n) is 8.90. The van der Waals surface area contributed by atoms with Crippen molar-refractivity contribution in [1.82, 2.24) is 10.6 Å². The van der Waals surface area contributed by atoms with E-state index in [4.69, 9.17) is 5.73 Å². The Balaban J connectivity index is 1.89. The van der Waals surface area contributed by atoms with Crippen LogP contribution in [0.15, 0.2) is 0 Å². The number of primary amides is 1. The van der Waals surface area contributed by atoms with Gasteiger partial charge in [-0.15, -0.1) is 8.86 Å². The second-order valence-corrected chi connectivity index (χ2v) is 4.79. The molecule has 1 heterocycles. The lowest BCUT2D eigenvalue weighted by atomic mass is 9.94. The van der Waals surface area contributed by atoms with E-state index in [1.165, 1.54) is 0 Å². The highest BCUT2D eigenvalue weighted by Gasteiger charge is 2.41. The molecule has 0 aromatic rings. The van der Waals surface area contributed by atoms with Gasteiger partial charge in [-0.2, -0.15) is 0 Å². The summed E-state index contributed by atoms with van der Waals surface area (Å²) in [5.41, 5.74) is 5.25. The fourth-order valence-electron chi connectivity index (χ4n) is 2.11. The quantitative estimate of drug-likeness (QED) is 0.538. The summed E-state index contributed by atoms with van der Waals surface area (Å²) < 4.78 is 0. The molecule has 6 heteroatoms. The average molecular weight is 241 g/mol. The minimum absolute atomic E-state index is 0.0604. The van der Waals surface area contributed by atoms with Crippen LogP contribution in [-0.2, 0) is 9.59 Å². The Bertz CT molecular complexity index is 334. The fourth-order valence-corrected chi connectivity index (χ4v) is 2.48. The van der Waals surface area contributed by atoms with E-state index in [9.17, 15) is 9.59 Å². The van der Waals surface area contributed by atoms with Crippen molar-refractivity contribution < 1.29 is 9.59 Å². The number of hydrogen-bond acceptors (Lipinski definition) is 3. The van der Waals surface area contributed by atoms with E-state index in [0.29, 0.717) is 19.0 Å². The number of hydrogen-bond donors (Lipinski definition) is 3. The van der Waals surface area contributed by atoms with Gasteiger partial charge >= 0.3 is 0 Å². The second-order valence-electron chi connectivity index (χ2n) is 4.45. The Kier molecular flexibility index (Phi) is 3.26. The van der Waals surface area contributed by atoms with Gasteiger partial charge in [-0.3, -0.25) is 9.59 Å². The van der Waals surface area contributed by atoms with E-state index in [-0.39, 0.29) is 23.8 Å². The first kappa shape index (κ1) is 11.6. The number of amides is 2. The molecule has 4 atom stereocenters.